The first-order valence-electron chi connectivity index (χ1n) is 8.63. The normalized spacial score (nSPS) is 31.0. The van der Waals surface area contributed by atoms with Crippen LogP contribution in [0.1, 0.15) is 52.4 Å². The van der Waals surface area contributed by atoms with Crippen LogP contribution in [0, 0.1) is 11.8 Å². The summed E-state index contributed by atoms with van der Waals surface area (Å²) in [5, 5.41) is 0. The third-order valence-corrected chi connectivity index (χ3v) is 5.15. The molecular weight excluding hydrogens is 248 g/mol. The minimum atomic E-state index is 0.279. The first kappa shape index (κ1) is 16.0. The van der Waals surface area contributed by atoms with Crippen LogP contribution in [-0.4, -0.2) is 54.9 Å². The summed E-state index contributed by atoms with van der Waals surface area (Å²) in [5.41, 5.74) is 0. The van der Waals surface area contributed by atoms with E-state index in [1.54, 1.807) is 0 Å². The van der Waals surface area contributed by atoms with E-state index in [2.05, 4.69) is 30.7 Å². The number of carbonyl (C=O) groups is 1. The maximum absolute atomic E-state index is 12.6. The highest BCUT2D eigenvalue weighted by Crippen LogP contribution is 2.34. The Bertz CT molecular complexity index is 310. The molecule has 1 saturated heterocycles. The minimum Gasteiger partial charge on any atom is -0.305 e. The topological polar surface area (TPSA) is 23.6 Å². The molecule has 1 aliphatic carbocycles. The van der Waals surface area contributed by atoms with Gasteiger partial charge in [-0.3, -0.25) is 9.69 Å². The van der Waals surface area contributed by atoms with E-state index in [4.69, 9.17) is 0 Å². The third-order valence-electron chi connectivity index (χ3n) is 5.15. The van der Waals surface area contributed by atoms with Crippen molar-refractivity contribution in [3.05, 3.63) is 0 Å². The molecule has 20 heavy (non-hydrogen) atoms. The molecule has 116 valence electrons. The Labute approximate surface area is 124 Å². The molecule has 0 aromatic heterocycles. The standard InChI is InChI=1S/C17H32N2O/c1-4-6-10-19(11-7-5-2)16-9-8-14-12-18(3)13-15(16)17(14)20/h14-16H,4-13H2,1-3H3/t14?,15?,16-/m1/s1. The number of carbonyl (C=O) groups excluding carboxylic acids is 1. The zero-order chi connectivity index (χ0) is 14.5. The predicted molar refractivity (Wildman–Crippen MR) is 83.9 cm³/mol. The summed E-state index contributed by atoms with van der Waals surface area (Å²) in [6.45, 7) is 8.85. The van der Waals surface area contributed by atoms with Crippen molar-refractivity contribution in [2.24, 2.45) is 11.8 Å². The van der Waals surface area contributed by atoms with Crippen LogP contribution in [0.25, 0.3) is 0 Å². The molecule has 2 fully saturated rings. The zero-order valence-corrected chi connectivity index (χ0v) is 13.6. The molecule has 2 rings (SSSR count). The van der Waals surface area contributed by atoms with Crippen molar-refractivity contribution in [3.63, 3.8) is 0 Å². The van der Waals surface area contributed by atoms with Crippen molar-refractivity contribution in [2.45, 2.75) is 58.4 Å². The smallest absolute Gasteiger partial charge is 0.143 e. The summed E-state index contributed by atoms with van der Waals surface area (Å²) in [7, 11) is 2.18. The van der Waals surface area contributed by atoms with Crippen LogP contribution in [0.2, 0.25) is 0 Å². The van der Waals surface area contributed by atoms with Crippen LogP contribution in [0.15, 0.2) is 0 Å². The lowest BCUT2D eigenvalue weighted by molar-refractivity contribution is -0.138. The van der Waals surface area contributed by atoms with Crippen LogP contribution in [0.3, 0.4) is 0 Å². The van der Waals surface area contributed by atoms with Crippen molar-refractivity contribution >= 4 is 5.78 Å². The predicted octanol–water partition coefficient (Wildman–Crippen LogP) is 2.80. The number of unbranched alkanes of at least 4 members (excludes halogenated alkanes) is 2. The van der Waals surface area contributed by atoms with Gasteiger partial charge in [-0.15, -0.1) is 0 Å². The molecule has 2 bridgehead atoms. The molecule has 0 radical (unpaired) electrons. The summed E-state index contributed by atoms with van der Waals surface area (Å²) < 4.78 is 0. The highest BCUT2D eigenvalue weighted by molar-refractivity contribution is 5.86. The van der Waals surface area contributed by atoms with Gasteiger partial charge in [0.1, 0.15) is 5.78 Å². The van der Waals surface area contributed by atoms with Gasteiger partial charge in [0.2, 0.25) is 0 Å². The quantitative estimate of drug-likeness (QED) is 0.716. The fourth-order valence-electron chi connectivity index (χ4n) is 3.99. The molecule has 1 saturated carbocycles. The van der Waals surface area contributed by atoms with Gasteiger partial charge in [-0.2, -0.15) is 0 Å². The molecule has 2 unspecified atom stereocenters. The van der Waals surface area contributed by atoms with Gasteiger partial charge < -0.3 is 4.90 Å². The van der Waals surface area contributed by atoms with Gasteiger partial charge in [-0.05, 0) is 45.8 Å². The van der Waals surface area contributed by atoms with E-state index in [1.165, 1.54) is 45.2 Å². The van der Waals surface area contributed by atoms with Crippen LogP contribution >= 0.6 is 0 Å². The second-order valence-electron chi connectivity index (χ2n) is 6.81. The fraction of sp³-hybridized carbons (Fsp3) is 0.941. The first-order chi connectivity index (χ1) is 9.67. The number of likely N-dealkylation sites (tertiary alicyclic amines) is 1. The van der Waals surface area contributed by atoms with Gasteiger partial charge >= 0.3 is 0 Å². The molecule has 0 amide bonds. The van der Waals surface area contributed by atoms with Crippen molar-refractivity contribution in [2.75, 3.05) is 33.2 Å². The largest absolute Gasteiger partial charge is 0.305 e. The van der Waals surface area contributed by atoms with Gasteiger partial charge in [-0.1, -0.05) is 26.7 Å². The van der Waals surface area contributed by atoms with E-state index in [0.717, 1.165) is 19.5 Å². The van der Waals surface area contributed by atoms with Crippen LogP contribution in [0.4, 0.5) is 0 Å². The first-order valence-corrected chi connectivity index (χ1v) is 8.63. The maximum Gasteiger partial charge on any atom is 0.143 e. The molecule has 1 aliphatic heterocycles. The van der Waals surface area contributed by atoms with Crippen LogP contribution < -0.4 is 0 Å². The van der Waals surface area contributed by atoms with Crippen molar-refractivity contribution < 1.29 is 4.79 Å². The van der Waals surface area contributed by atoms with Gasteiger partial charge in [0.15, 0.2) is 0 Å². The molecule has 1 heterocycles. The van der Waals surface area contributed by atoms with E-state index in [0.29, 0.717) is 17.7 Å². The van der Waals surface area contributed by atoms with Crippen molar-refractivity contribution in [1.82, 2.24) is 9.80 Å². The number of hydrogen-bond donors (Lipinski definition) is 0. The molecule has 3 nitrogen and oxygen atoms in total. The second-order valence-corrected chi connectivity index (χ2v) is 6.81. The van der Waals surface area contributed by atoms with E-state index in [9.17, 15) is 4.79 Å². The van der Waals surface area contributed by atoms with E-state index < -0.39 is 0 Å². The Morgan fingerprint density at radius 2 is 1.75 bits per heavy atom. The Kier molecular flexibility index (Phi) is 6.03. The SMILES string of the molecule is CCCCN(CCCC)[C@@H]1CCC2CN(C)CC1C2=O. The average molecular weight is 280 g/mol. The molecule has 3 heteroatoms. The van der Waals surface area contributed by atoms with Crippen LogP contribution in [-0.2, 0) is 4.79 Å². The number of nitrogens with zero attached hydrogens (tertiary/aromatic N) is 2. The Morgan fingerprint density at radius 3 is 2.35 bits per heavy atom. The molecular formula is C17H32N2O. The van der Waals surface area contributed by atoms with Crippen molar-refractivity contribution in [1.29, 1.82) is 0 Å². The lowest BCUT2D eigenvalue weighted by atomic mass is 9.73. The number of Topliss-reactive ketones (excluding diaryl/α,β-unsaturated/α-hetero) is 1. The minimum absolute atomic E-state index is 0.279. The molecule has 0 spiro atoms. The number of ketones is 1. The van der Waals surface area contributed by atoms with E-state index in [1.807, 2.05) is 0 Å². The third kappa shape index (κ3) is 3.62. The number of hydrogen-bond acceptors (Lipinski definition) is 3. The van der Waals surface area contributed by atoms with Gasteiger partial charge in [0.25, 0.3) is 0 Å². The Hall–Kier alpha value is -0.410. The van der Waals surface area contributed by atoms with Gasteiger partial charge in [0, 0.05) is 31.0 Å². The van der Waals surface area contributed by atoms with E-state index >= 15 is 0 Å². The Morgan fingerprint density at radius 1 is 1.10 bits per heavy atom. The Balaban J connectivity index is 2.04. The molecule has 0 aromatic rings. The van der Waals surface area contributed by atoms with E-state index in [-0.39, 0.29) is 5.92 Å². The molecule has 0 N–H and O–H groups in total. The lowest BCUT2D eigenvalue weighted by Crippen LogP contribution is -2.57. The number of rotatable bonds is 7. The summed E-state index contributed by atoms with van der Waals surface area (Å²) in [4.78, 5) is 17.6. The van der Waals surface area contributed by atoms with Gasteiger partial charge in [-0.25, -0.2) is 0 Å². The zero-order valence-electron chi connectivity index (χ0n) is 13.6. The monoisotopic (exact) mass is 280 g/mol. The highest BCUT2D eigenvalue weighted by atomic mass is 16.1. The maximum atomic E-state index is 12.6. The fourth-order valence-corrected chi connectivity index (χ4v) is 3.99. The summed E-state index contributed by atoms with van der Waals surface area (Å²) in [6.07, 6.45) is 7.37. The second kappa shape index (κ2) is 7.56. The molecule has 0 aromatic carbocycles. The summed E-state index contributed by atoms with van der Waals surface area (Å²) >= 11 is 0. The van der Waals surface area contributed by atoms with Crippen LogP contribution in [0.5, 0.6) is 0 Å². The highest BCUT2D eigenvalue weighted by Gasteiger charge is 2.44. The molecule has 3 atom stereocenters. The molecule has 2 aliphatic rings. The summed E-state index contributed by atoms with van der Waals surface area (Å²) in [6, 6.07) is 0.514. The van der Waals surface area contributed by atoms with Gasteiger partial charge in [0.05, 0.1) is 0 Å². The lowest BCUT2D eigenvalue weighted by Gasteiger charge is -2.47. The summed E-state index contributed by atoms with van der Waals surface area (Å²) in [5.74, 6) is 1.17. The number of piperidine rings is 1. The average Bonchev–Trinajstić information content (AvgIpc) is 2.42. The number of fused-ring (bicyclic) bond motifs is 2. The van der Waals surface area contributed by atoms with Crippen molar-refractivity contribution in [3.8, 4) is 0 Å².